The van der Waals surface area contributed by atoms with E-state index in [2.05, 4.69) is 5.32 Å². The summed E-state index contributed by atoms with van der Waals surface area (Å²) in [5.74, 6) is -1.99. The largest absolute Gasteiger partial charge is 0.416 e. The van der Waals surface area contributed by atoms with Gasteiger partial charge in [-0.25, -0.2) is 4.79 Å². The molecule has 2 atom stereocenters. The lowest BCUT2D eigenvalue weighted by Crippen LogP contribution is -2.54. The second kappa shape index (κ2) is 8.03. The zero-order valence-corrected chi connectivity index (χ0v) is 18.5. The van der Waals surface area contributed by atoms with Crippen molar-refractivity contribution in [1.29, 1.82) is 0 Å². The number of hydrogen-bond donors (Lipinski definition) is 1. The van der Waals surface area contributed by atoms with Crippen molar-refractivity contribution in [1.82, 2.24) is 15.1 Å². The zero-order chi connectivity index (χ0) is 25.2. The molecule has 5 rings (SSSR count). The number of urea groups is 1. The number of fused-ring (bicyclic) bond motifs is 1. The first-order valence-corrected chi connectivity index (χ1v) is 11.4. The van der Waals surface area contributed by atoms with Gasteiger partial charge in [0.1, 0.15) is 0 Å². The van der Waals surface area contributed by atoms with Gasteiger partial charge in [-0.05, 0) is 49.5 Å². The molecule has 4 aliphatic rings. The van der Waals surface area contributed by atoms with Crippen LogP contribution in [0.5, 0.6) is 0 Å². The summed E-state index contributed by atoms with van der Waals surface area (Å²) in [7, 11) is 0. The monoisotopic (exact) mass is 499 g/mol. The Balaban J connectivity index is 1.27. The smallest absolute Gasteiger partial charge is 0.342 e. The third-order valence-corrected chi connectivity index (χ3v) is 7.49. The standard InChI is InChI=1S/C24H23F6N3O2/c25-23(26,27)15-6-4-14(5-7-15)22(10-11-22)20(34)32-12-8-16(9-13-32)33-19-17(24(28,29)30)2-1-3-18(19)31-21(33)35/h1-7,16-17,19H,8-13H2,(H,31,35). The maximum atomic E-state index is 13.6. The predicted molar refractivity (Wildman–Crippen MR) is 113 cm³/mol. The Morgan fingerprint density at radius 3 is 2.17 bits per heavy atom. The van der Waals surface area contributed by atoms with E-state index in [1.54, 1.807) is 4.90 Å². The molecule has 3 amide bonds. The van der Waals surface area contributed by atoms with E-state index >= 15 is 0 Å². The highest BCUT2D eigenvalue weighted by atomic mass is 19.4. The third kappa shape index (κ3) is 4.08. The van der Waals surface area contributed by atoms with E-state index in [0.717, 1.165) is 18.2 Å². The van der Waals surface area contributed by atoms with Crippen molar-refractivity contribution in [3.8, 4) is 0 Å². The van der Waals surface area contributed by atoms with Gasteiger partial charge in [0.25, 0.3) is 0 Å². The fourth-order valence-electron chi connectivity index (χ4n) is 5.49. The molecule has 2 saturated heterocycles. The number of piperidine rings is 1. The van der Waals surface area contributed by atoms with Gasteiger partial charge in [0.15, 0.2) is 0 Å². The molecule has 188 valence electrons. The van der Waals surface area contributed by atoms with Crippen molar-refractivity contribution in [2.45, 2.75) is 55.5 Å². The van der Waals surface area contributed by atoms with Crippen LogP contribution in [0.3, 0.4) is 0 Å². The molecular formula is C24H23F6N3O2. The molecule has 0 radical (unpaired) electrons. The van der Waals surface area contributed by atoms with Crippen molar-refractivity contribution < 1.29 is 35.9 Å². The lowest BCUT2D eigenvalue weighted by molar-refractivity contribution is -0.172. The number of rotatable bonds is 3. The van der Waals surface area contributed by atoms with E-state index in [9.17, 15) is 35.9 Å². The van der Waals surface area contributed by atoms with Crippen LogP contribution in [0.25, 0.3) is 0 Å². The molecule has 0 spiro atoms. The third-order valence-electron chi connectivity index (χ3n) is 7.49. The molecule has 1 aromatic carbocycles. The van der Waals surface area contributed by atoms with E-state index < -0.39 is 47.4 Å². The Hall–Kier alpha value is -2.98. The summed E-state index contributed by atoms with van der Waals surface area (Å²) in [6, 6.07) is 2.44. The number of hydrogen-bond acceptors (Lipinski definition) is 2. The molecule has 0 bridgehead atoms. The molecule has 3 fully saturated rings. The Labute approximate surface area is 197 Å². The lowest BCUT2D eigenvalue weighted by atomic mass is 9.89. The molecule has 11 heteroatoms. The first-order valence-electron chi connectivity index (χ1n) is 11.4. The van der Waals surface area contributed by atoms with Crippen LogP contribution in [0.15, 0.2) is 48.2 Å². The van der Waals surface area contributed by atoms with Crippen LogP contribution in [0, 0.1) is 5.92 Å². The van der Waals surface area contributed by atoms with Gasteiger partial charge in [-0.1, -0.05) is 24.3 Å². The average molecular weight is 499 g/mol. The van der Waals surface area contributed by atoms with Gasteiger partial charge in [-0.2, -0.15) is 26.3 Å². The Bertz CT molecular complexity index is 1080. The number of carbonyl (C=O) groups is 2. The number of amides is 3. The second-order valence-electron chi connectivity index (χ2n) is 9.54. The summed E-state index contributed by atoms with van der Waals surface area (Å²) >= 11 is 0. The summed E-state index contributed by atoms with van der Waals surface area (Å²) < 4.78 is 79.6. The summed E-state index contributed by atoms with van der Waals surface area (Å²) in [5.41, 5.74) is -0.879. The minimum atomic E-state index is -4.51. The number of alkyl halides is 6. The Morgan fingerprint density at radius 2 is 1.63 bits per heavy atom. The number of nitrogens with one attached hydrogen (secondary N) is 1. The highest BCUT2D eigenvalue weighted by Crippen LogP contribution is 2.50. The number of nitrogens with zero attached hydrogens (tertiary/aromatic N) is 2. The van der Waals surface area contributed by atoms with E-state index in [0.29, 0.717) is 31.2 Å². The van der Waals surface area contributed by atoms with Crippen LogP contribution in [-0.2, 0) is 16.4 Å². The number of allylic oxidation sites excluding steroid dienone is 2. The van der Waals surface area contributed by atoms with Gasteiger partial charge >= 0.3 is 18.4 Å². The van der Waals surface area contributed by atoms with Gasteiger partial charge in [-0.15, -0.1) is 0 Å². The van der Waals surface area contributed by atoms with Crippen LogP contribution >= 0.6 is 0 Å². The molecule has 1 N–H and O–H groups in total. The summed E-state index contributed by atoms with van der Waals surface area (Å²) in [6.45, 7) is 0.516. The predicted octanol–water partition coefficient (Wildman–Crippen LogP) is 4.75. The van der Waals surface area contributed by atoms with Gasteiger partial charge < -0.3 is 15.1 Å². The van der Waals surface area contributed by atoms with Crippen LogP contribution in [0.2, 0.25) is 0 Å². The van der Waals surface area contributed by atoms with Crippen LogP contribution in [-0.4, -0.2) is 53.1 Å². The minimum absolute atomic E-state index is 0.184. The topological polar surface area (TPSA) is 52.7 Å². The van der Waals surface area contributed by atoms with E-state index in [1.807, 2.05) is 0 Å². The van der Waals surface area contributed by atoms with Crippen molar-refractivity contribution in [2.24, 2.45) is 5.92 Å². The zero-order valence-electron chi connectivity index (χ0n) is 18.5. The Kier molecular flexibility index (Phi) is 5.45. The van der Waals surface area contributed by atoms with E-state index in [1.165, 1.54) is 29.2 Å². The minimum Gasteiger partial charge on any atom is -0.342 e. The van der Waals surface area contributed by atoms with Gasteiger partial charge in [0.05, 0.1) is 22.9 Å². The van der Waals surface area contributed by atoms with E-state index in [4.69, 9.17) is 0 Å². The van der Waals surface area contributed by atoms with Crippen molar-refractivity contribution in [2.75, 3.05) is 13.1 Å². The first-order chi connectivity index (χ1) is 16.4. The summed E-state index contributed by atoms with van der Waals surface area (Å²) in [5, 5.41) is 2.55. The second-order valence-corrected chi connectivity index (χ2v) is 9.54. The van der Waals surface area contributed by atoms with Crippen molar-refractivity contribution in [3.63, 3.8) is 0 Å². The van der Waals surface area contributed by atoms with Crippen LogP contribution < -0.4 is 5.32 Å². The quantitative estimate of drug-likeness (QED) is 0.611. The number of carbonyl (C=O) groups excluding carboxylic acids is 2. The summed E-state index contributed by atoms with van der Waals surface area (Å²) in [6.07, 6.45) is -3.44. The molecule has 2 aliphatic heterocycles. The normalized spacial score (nSPS) is 26.3. The first kappa shape index (κ1) is 23.7. The number of benzene rings is 1. The van der Waals surface area contributed by atoms with Gasteiger partial charge in [0.2, 0.25) is 5.91 Å². The highest BCUT2D eigenvalue weighted by molar-refractivity contribution is 5.91. The molecular weight excluding hydrogens is 476 g/mol. The molecule has 5 nitrogen and oxygen atoms in total. The fourth-order valence-corrected chi connectivity index (χ4v) is 5.49. The van der Waals surface area contributed by atoms with Crippen LogP contribution in [0.4, 0.5) is 31.1 Å². The molecule has 2 unspecified atom stereocenters. The highest BCUT2D eigenvalue weighted by Gasteiger charge is 2.55. The van der Waals surface area contributed by atoms with Crippen molar-refractivity contribution in [3.05, 3.63) is 59.3 Å². The fraction of sp³-hybridized carbons (Fsp3) is 0.500. The number of halogens is 6. The summed E-state index contributed by atoms with van der Waals surface area (Å²) in [4.78, 5) is 28.8. The number of likely N-dealkylation sites (tertiary alicyclic amines) is 1. The average Bonchev–Trinajstić information content (AvgIpc) is 3.54. The van der Waals surface area contributed by atoms with Gasteiger partial charge in [-0.3, -0.25) is 4.79 Å². The molecule has 2 aliphatic carbocycles. The van der Waals surface area contributed by atoms with Crippen LogP contribution in [0.1, 0.15) is 36.8 Å². The maximum absolute atomic E-state index is 13.6. The lowest BCUT2D eigenvalue weighted by Gasteiger charge is -2.41. The maximum Gasteiger partial charge on any atom is 0.416 e. The molecule has 35 heavy (non-hydrogen) atoms. The van der Waals surface area contributed by atoms with E-state index in [-0.39, 0.29) is 24.7 Å². The SMILES string of the molecule is O=C1NC2=CC=CC(C(F)(F)F)C2N1C1CCN(C(=O)C2(c3ccc(C(F)(F)F)cc3)CC2)CC1. The van der Waals surface area contributed by atoms with Gasteiger partial charge in [0, 0.05) is 24.8 Å². The molecule has 1 aromatic rings. The van der Waals surface area contributed by atoms with Crippen molar-refractivity contribution >= 4 is 11.9 Å². The molecule has 2 heterocycles. The Morgan fingerprint density at radius 1 is 1.00 bits per heavy atom. The molecule has 1 saturated carbocycles. The molecule has 0 aromatic heterocycles.